The van der Waals surface area contributed by atoms with Crippen molar-refractivity contribution in [2.45, 2.75) is 32.8 Å². The van der Waals surface area contributed by atoms with Crippen LogP contribution >= 0.6 is 0 Å². The second-order valence-electron chi connectivity index (χ2n) is 4.47. The van der Waals surface area contributed by atoms with Crippen molar-refractivity contribution in [3.8, 4) is 0 Å². The molecule has 5 nitrogen and oxygen atoms in total. The zero-order chi connectivity index (χ0) is 12.8. The largest absolute Gasteiger partial charge is 0.376 e. The molecule has 1 atom stereocenters. The van der Waals surface area contributed by atoms with E-state index in [1.54, 1.807) is 0 Å². The molecule has 1 aromatic heterocycles. The first kappa shape index (κ1) is 13.1. The Morgan fingerprint density at radius 1 is 1.50 bits per heavy atom. The Bertz CT molecular complexity index is 372. The third kappa shape index (κ3) is 3.32. The van der Waals surface area contributed by atoms with Gasteiger partial charge < -0.3 is 15.0 Å². The molecule has 0 bridgehead atoms. The predicted octanol–water partition coefficient (Wildman–Crippen LogP) is 1.91. The van der Waals surface area contributed by atoms with Crippen LogP contribution in [0.3, 0.4) is 0 Å². The lowest BCUT2D eigenvalue weighted by Gasteiger charge is -2.24. The molecule has 1 N–H and O–H groups in total. The van der Waals surface area contributed by atoms with E-state index < -0.39 is 0 Å². The molecule has 5 heteroatoms. The highest BCUT2D eigenvalue weighted by Gasteiger charge is 2.18. The van der Waals surface area contributed by atoms with Crippen LogP contribution in [0.2, 0.25) is 0 Å². The van der Waals surface area contributed by atoms with E-state index >= 15 is 0 Å². The average molecular weight is 250 g/mol. The van der Waals surface area contributed by atoms with Crippen LogP contribution in [0.5, 0.6) is 0 Å². The SMILES string of the molecule is CCNc1nccc(N2CCCOC(CC)C2)n1. The number of aromatic nitrogens is 2. The van der Waals surface area contributed by atoms with E-state index in [0.29, 0.717) is 12.1 Å². The summed E-state index contributed by atoms with van der Waals surface area (Å²) in [7, 11) is 0. The van der Waals surface area contributed by atoms with Gasteiger partial charge in [0.05, 0.1) is 6.10 Å². The van der Waals surface area contributed by atoms with Crippen LogP contribution in [0, 0.1) is 0 Å². The van der Waals surface area contributed by atoms with Gasteiger partial charge in [-0.1, -0.05) is 6.92 Å². The molecule has 0 radical (unpaired) electrons. The number of rotatable bonds is 4. The van der Waals surface area contributed by atoms with Gasteiger partial charge in [-0.05, 0) is 25.8 Å². The fourth-order valence-electron chi connectivity index (χ4n) is 2.12. The van der Waals surface area contributed by atoms with Gasteiger partial charge in [-0.15, -0.1) is 0 Å². The first-order chi connectivity index (χ1) is 8.83. The van der Waals surface area contributed by atoms with Gasteiger partial charge in [0.1, 0.15) is 5.82 Å². The highest BCUT2D eigenvalue weighted by Crippen LogP contribution is 2.17. The maximum absolute atomic E-state index is 5.78. The Kier molecular flexibility index (Phi) is 4.75. The number of hydrogen-bond donors (Lipinski definition) is 1. The van der Waals surface area contributed by atoms with Crippen LogP contribution in [0.1, 0.15) is 26.7 Å². The number of nitrogens with zero attached hydrogens (tertiary/aromatic N) is 3. The lowest BCUT2D eigenvalue weighted by atomic mass is 10.2. The van der Waals surface area contributed by atoms with Crippen LogP contribution in [0.15, 0.2) is 12.3 Å². The first-order valence-corrected chi connectivity index (χ1v) is 6.77. The fourth-order valence-corrected chi connectivity index (χ4v) is 2.12. The van der Waals surface area contributed by atoms with Crippen molar-refractivity contribution in [2.75, 3.05) is 36.5 Å². The molecule has 0 aliphatic carbocycles. The maximum atomic E-state index is 5.78. The molecule has 18 heavy (non-hydrogen) atoms. The highest BCUT2D eigenvalue weighted by atomic mass is 16.5. The zero-order valence-corrected chi connectivity index (χ0v) is 11.2. The van der Waals surface area contributed by atoms with E-state index in [1.807, 2.05) is 19.2 Å². The normalized spacial score (nSPS) is 20.6. The summed E-state index contributed by atoms with van der Waals surface area (Å²) in [4.78, 5) is 11.0. The highest BCUT2D eigenvalue weighted by molar-refractivity contribution is 5.42. The Labute approximate surface area is 109 Å². The molecule has 2 rings (SSSR count). The minimum atomic E-state index is 0.310. The first-order valence-electron chi connectivity index (χ1n) is 6.77. The summed E-state index contributed by atoms with van der Waals surface area (Å²) in [6.07, 6.45) is 4.22. The van der Waals surface area contributed by atoms with Gasteiger partial charge in [-0.25, -0.2) is 4.98 Å². The number of anilines is 2. The molecule has 1 saturated heterocycles. The third-order valence-corrected chi connectivity index (χ3v) is 3.11. The maximum Gasteiger partial charge on any atom is 0.224 e. The average Bonchev–Trinajstić information content (AvgIpc) is 2.65. The van der Waals surface area contributed by atoms with Crippen molar-refractivity contribution >= 4 is 11.8 Å². The van der Waals surface area contributed by atoms with Crippen LogP contribution < -0.4 is 10.2 Å². The van der Waals surface area contributed by atoms with Gasteiger partial charge in [0.25, 0.3) is 0 Å². The summed E-state index contributed by atoms with van der Waals surface area (Å²) in [5, 5.41) is 3.15. The van der Waals surface area contributed by atoms with Crippen LogP contribution in [0.4, 0.5) is 11.8 Å². The molecule has 1 fully saturated rings. The van der Waals surface area contributed by atoms with Crippen LogP contribution in [-0.2, 0) is 4.74 Å². The van der Waals surface area contributed by atoms with Crippen LogP contribution in [0.25, 0.3) is 0 Å². The monoisotopic (exact) mass is 250 g/mol. The van der Waals surface area contributed by atoms with Crippen molar-refractivity contribution in [2.24, 2.45) is 0 Å². The van der Waals surface area contributed by atoms with Gasteiger partial charge >= 0.3 is 0 Å². The minimum absolute atomic E-state index is 0.310. The van der Waals surface area contributed by atoms with Gasteiger partial charge in [0.15, 0.2) is 0 Å². The summed E-state index contributed by atoms with van der Waals surface area (Å²) >= 11 is 0. The van der Waals surface area contributed by atoms with Crippen molar-refractivity contribution in [3.05, 3.63) is 12.3 Å². The van der Waals surface area contributed by atoms with Gasteiger partial charge in [0, 0.05) is 32.4 Å². The third-order valence-electron chi connectivity index (χ3n) is 3.11. The molecule has 100 valence electrons. The molecule has 1 aromatic rings. The number of hydrogen-bond acceptors (Lipinski definition) is 5. The van der Waals surface area contributed by atoms with Gasteiger partial charge in [-0.2, -0.15) is 4.98 Å². The topological polar surface area (TPSA) is 50.3 Å². The summed E-state index contributed by atoms with van der Waals surface area (Å²) in [5.74, 6) is 1.69. The molecule has 0 amide bonds. The van der Waals surface area contributed by atoms with E-state index in [9.17, 15) is 0 Å². The van der Waals surface area contributed by atoms with Crippen molar-refractivity contribution in [3.63, 3.8) is 0 Å². The predicted molar refractivity (Wildman–Crippen MR) is 73.1 cm³/mol. The van der Waals surface area contributed by atoms with Crippen molar-refractivity contribution in [1.82, 2.24) is 9.97 Å². The molecule has 0 aromatic carbocycles. The second kappa shape index (κ2) is 6.54. The number of ether oxygens (including phenoxy) is 1. The molecule has 0 spiro atoms. The fraction of sp³-hybridized carbons (Fsp3) is 0.692. The van der Waals surface area contributed by atoms with E-state index in [0.717, 1.165) is 44.9 Å². The van der Waals surface area contributed by atoms with E-state index in [2.05, 4.69) is 27.1 Å². The Hall–Kier alpha value is -1.36. The standard InChI is InChI=1S/C13H22N4O/c1-3-11-10-17(8-5-9-18-11)12-6-7-15-13(16-12)14-4-2/h6-7,11H,3-5,8-10H2,1-2H3,(H,14,15,16). The minimum Gasteiger partial charge on any atom is -0.376 e. The molecular formula is C13H22N4O. The van der Waals surface area contributed by atoms with E-state index in [-0.39, 0.29) is 0 Å². The molecule has 1 unspecified atom stereocenters. The molecule has 2 heterocycles. The quantitative estimate of drug-likeness (QED) is 0.884. The Morgan fingerprint density at radius 2 is 2.39 bits per heavy atom. The molecule has 1 aliphatic heterocycles. The smallest absolute Gasteiger partial charge is 0.224 e. The number of nitrogens with one attached hydrogen (secondary N) is 1. The lowest BCUT2D eigenvalue weighted by Crippen LogP contribution is -2.32. The van der Waals surface area contributed by atoms with E-state index in [4.69, 9.17) is 4.74 Å². The Balaban J connectivity index is 2.10. The molecule has 0 saturated carbocycles. The lowest BCUT2D eigenvalue weighted by molar-refractivity contribution is 0.0664. The van der Waals surface area contributed by atoms with E-state index in [1.165, 1.54) is 0 Å². The van der Waals surface area contributed by atoms with Crippen LogP contribution in [-0.4, -0.2) is 42.3 Å². The summed E-state index contributed by atoms with van der Waals surface area (Å²) in [6, 6.07) is 1.97. The summed E-state index contributed by atoms with van der Waals surface area (Å²) in [6.45, 7) is 7.81. The van der Waals surface area contributed by atoms with Gasteiger partial charge in [-0.3, -0.25) is 0 Å². The molecular weight excluding hydrogens is 228 g/mol. The Morgan fingerprint density at radius 3 is 3.17 bits per heavy atom. The van der Waals surface area contributed by atoms with Crippen molar-refractivity contribution in [1.29, 1.82) is 0 Å². The molecule has 1 aliphatic rings. The summed E-state index contributed by atoms with van der Waals surface area (Å²) in [5.41, 5.74) is 0. The summed E-state index contributed by atoms with van der Waals surface area (Å²) < 4.78 is 5.78. The van der Waals surface area contributed by atoms with Gasteiger partial charge in [0.2, 0.25) is 5.95 Å². The zero-order valence-electron chi connectivity index (χ0n) is 11.2. The second-order valence-corrected chi connectivity index (χ2v) is 4.47. The van der Waals surface area contributed by atoms with Crippen molar-refractivity contribution < 1.29 is 4.74 Å².